The normalized spacial score (nSPS) is 15.8. The summed E-state index contributed by atoms with van der Waals surface area (Å²) in [5.74, 6) is -1.08. The molecule has 1 atom stereocenters. The van der Waals surface area contributed by atoms with Crippen LogP contribution < -0.4 is 5.32 Å². The molecule has 0 bridgehead atoms. The van der Waals surface area contributed by atoms with Crippen molar-refractivity contribution in [3.63, 3.8) is 0 Å². The summed E-state index contributed by atoms with van der Waals surface area (Å²) in [5, 5.41) is 16.5. The largest absolute Gasteiger partial charge is 0.480 e. The van der Waals surface area contributed by atoms with Crippen LogP contribution in [0.1, 0.15) is 47.4 Å². The van der Waals surface area contributed by atoms with Crippen LogP contribution in [0.3, 0.4) is 0 Å². The van der Waals surface area contributed by atoms with Gasteiger partial charge < -0.3 is 10.4 Å². The Labute approximate surface area is 127 Å². The van der Waals surface area contributed by atoms with Crippen LogP contribution in [0.25, 0.3) is 11.0 Å². The molecule has 0 spiro atoms. The van der Waals surface area contributed by atoms with E-state index in [1.54, 1.807) is 17.8 Å². The lowest BCUT2D eigenvalue weighted by Gasteiger charge is -2.11. The topological polar surface area (TPSA) is 97.1 Å². The highest BCUT2D eigenvalue weighted by molar-refractivity contribution is 6.07. The lowest BCUT2D eigenvalue weighted by atomic mass is 10.1. The fraction of sp³-hybridized carbons (Fsp3) is 0.467. The van der Waals surface area contributed by atoms with Crippen molar-refractivity contribution in [1.82, 2.24) is 20.1 Å². The minimum absolute atomic E-state index is 0.392. The summed E-state index contributed by atoms with van der Waals surface area (Å²) < 4.78 is 1.66. The Bertz CT molecular complexity index is 777. The zero-order valence-corrected chi connectivity index (χ0v) is 12.8. The highest BCUT2D eigenvalue weighted by Crippen LogP contribution is 2.40. The smallest absolute Gasteiger partial charge is 0.325 e. The number of aliphatic carboxylic acids is 1. The summed E-state index contributed by atoms with van der Waals surface area (Å²) in [6.07, 6.45) is 2.14. The number of aromatic nitrogens is 3. The Morgan fingerprint density at radius 2 is 2.14 bits per heavy atom. The number of nitrogens with one attached hydrogen (secondary N) is 1. The molecule has 1 amide bonds. The summed E-state index contributed by atoms with van der Waals surface area (Å²) in [4.78, 5) is 28.1. The molecule has 1 saturated carbocycles. The molecule has 0 aliphatic heterocycles. The number of hydrogen-bond acceptors (Lipinski definition) is 4. The molecule has 0 aromatic carbocycles. The molecule has 7 nitrogen and oxygen atoms in total. The van der Waals surface area contributed by atoms with Gasteiger partial charge in [0.2, 0.25) is 0 Å². The van der Waals surface area contributed by atoms with E-state index in [0.717, 1.165) is 18.5 Å². The molecule has 7 heteroatoms. The van der Waals surface area contributed by atoms with E-state index in [1.165, 1.54) is 6.92 Å². The monoisotopic (exact) mass is 302 g/mol. The Morgan fingerprint density at radius 1 is 1.45 bits per heavy atom. The number of rotatable bonds is 4. The summed E-state index contributed by atoms with van der Waals surface area (Å²) in [7, 11) is 1.79. The zero-order valence-electron chi connectivity index (χ0n) is 12.8. The van der Waals surface area contributed by atoms with Crippen LogP contribution in [0.5, 0.6) is 0 Å². The van der Waals surface area contributed by atoms with Gasteiger partial charge in [-0.1, -0.05) is 0 Å². The van der Waals surface area contributed by atoms with Crippen molar-refractivity contribution in [3.8, 4) is 0 Å². The molecule has 0 unspecified atom stereocenters. The van der Waals surface area contributed by atoms with Crippen molar-refractivity contribution in [1.29, 1.82) is 0 Å². The highest BCUT2D eigenvalue weighted by Gasteiger charge is 2.29. The van der Waals surface area contributed by atoms with E-state index >= 15 is 0 Å². The van der Waals surface area contributed by atoms with Gasteiger partial charge in [-0.25, -0.2) is 4.98 Å². The lowest BCUT2D eigenvalue weighted by molar-refractivity contribution is -0.138. The predicted octanol–water partition coefficient (Wildman–Crippen LogP) is 1.36. The van der Waals surface area contributed by atoms with Crippen LogP contribution in [0.15, 0.2) is 6.07 Å². The van der Waals surface area contributed by atoms with Crippen molar-refractivity contribution in [2.45, 2.75) is 38.6 Å². The molecule has 2 N–H and O–H groups in total. The Hall–Kier alpha value is -2.44. The van der Waals surface area contributed by atoms with Crippen LogP contribution in [-0.4, -0.2) is 37.8 Å². The number of hydrogen-bond donors (Lipinski definition) is 2. The minimum atomic E-state index is -1.07. The van der Waals surface area contributed by atoms with Gasteiger partial charge in [0.1, 0.15) is 6.04 Å². The molecule has 1 aliphatic rings. The quantitative estimate of drug-likeness (QED) is 0.888. The van der Waals surface area contributed by atoms with Gasteiger partial charge in [-0.05, 0) is 32.8 Å². The van der Waals surface area contributed by atoms with Gasteiger partial charge in [-0.2, -0.15) is 5.10 Å². The SMILES string of the molecule is Cc1nn(C)c2nc(C3CC3)cc(C(=O)N[C@H](C)C(=O)O)c12. The molecule has 116 valence electrons. The van der Waals surface area contributed by atoms with Gasteiger partial charge >= 0.3 is 5.97 Å². The highest BCUT2D eigenvalue weighted by atomic mass is 16.4. The maximum Gasteiger partial charge on any atom is 0.325 e. The van der Waals surface area contributed by atoms with Gasteiger partial charge in [0, 0.05) is 18.7 Å². The van der Waals surface area contributed by atoms with E-state index in [2.05, 4.69) is 15.4 Å². The second-order valence-electron chi connectivity index (χ2n) is 5.81. The maximum absolute atomic E-state index is 12.5. The molecular formula is C15H18N4O3. The fourth-order valence-corrected chi connectivity index (χ4v) is 2.57. The van der Waals surface area contributed by atoms with E-state index in [9.17, 15) is 9.59 Å². The Morgan fingerprint density at radius 3 is 2.73 bits per heavy atom. The van der Waals surface area contributed by atoms with Crippen LogP contribution in [0, 0.1) is 6.92 Å². The number of carboxylic acids is 1. The Balaban J connectivity index is 2.10. The van der Waals surface area contributed by atoms with Gasteiger partial charge in [0.05, 0.1) is 16.6 Å². The third-order valence-corrected chi connectivity index (χ3v) is 3.95. The first-order chi connectivity index (χ1) is 10.4. The molecule has 2 aromatic heterocycles. The molecule has 1 aliphatic carbocycles. The Kier molecular flexibility index (Phi) is 3.35. The molecule has 1 fully saturated rings. The standard InChI is InChI=1S/C15H18N4O3/c1-7-12-10(14(20)16-8(2)15(21)22)6-11(9-4-5-9)17-13(12)19(3)18-7/h6,8-9H,4-5H2,1-3H3,(H,16,20)(H,21,22)/t8-/m1/s1. The lowest BCUT2D eigenvalue weighted by Crippen LogP contribution is -2.38. The maximum atomic E-state index is 12.5. The number of pyridine rings is 1. The predicted molar refractivity (Wildman–Crippen MR) is 79.8 cm³/mol. The van der Waals surface area contributed by atoms with Gasteiger partial charge in [0.15, 0.2) is 5.65 Å². The van der Waals surface area contributed by atoms with Gasteiger partial charge in [0.25, 0.3) is 5.91 Å². The number of carbonyl (C=O) groups excluding carboxylic acids is 1. The van der Waals surface area contributed by atoms with E-state index < -0.39 is 17.9 Å². The first kappa shape index (κ1) is 14.5. The third kappa shape index (κ3) is 2.43. The van der Waals surface area contributed by atoms with Crippen LogP contribution in [0.2, 0.25) is 0 Å². The van der Waals surface area contributed by atoms with Crippen molar-refractivity contribution >= 4 is 22.9 Å². The van der Waals surface area contributed by atoms with Crippen LogP contribution in [-0.2, 0) is 11.8 Å². The summed E-state index contributed by atoms with van der Waals surface area (Å²) in [5.41, 5.74) is 2.70. The number of fused-ring (bicyclic) bond motifs is 1. The average Bonchev–Trinajstić information content (AvgIpc) is 3.26. The minimum Gasteiger partial charge on any atom is -0.480 e. The summed E-state index contributed by atoms with van der Waals surface area (Å²) >= 11 is 0. The summed E-state index contributed by atoms with van der Waals surface area (Å²) in [6.45, 7) is 3.26. The number of carbonyl (C=O) groups is 2. The number of amides is 1. The third-order valence-electron chi connectivity index (χ3n) is 3.95. The van der Waals surface area contributed by atoms with E-state index in [0.29, 0.717) is 28.2 Å². The second kappa shape index (κ2) is 5.08. The van der Waals surface area contributed by atoms with E-state index in [-0.39, 0.29) is 0 Å². The summed E-state index contributed by atoms with van der Waals surface area (Å²) in [6, 6.07) is 0.829. The molecular weight excluding hydrogens is 284 g/mol. The van der Waals surface area contributed by atoms with E-state index in [4.69, 9.17) is 5.11 Å². The molecule has 2 heterocycles. The first-order valence-electron chi connectivity index (χ1n) is 7.26. The molecule has 3 rings (SSSR count). The van der Waals surface area contributed by atoms with Crippen molar-refractivity contribution in [3.05, 3.63) is 23.0 Å². The van der Waals surface area contributed by atoms with Crippen LogP contribution in [0.4, 0.5) is 0 Å². The first-order valence-corrected chi connectivity index (χ1v) is 7.26. The van der Waals surface area contributed by atoms with Crippen molar-refractivity contribution in [2.75, 3.05) is 0 Å². The van der Waals surface area contributed by atoms with Gasteiger partial charge in [-0.3, -0.25) is 14.3 Å². The van der Waals surface area contributed by atoms with E-state index in [1.807, 2.05) is 6.92 Å². The second-order valence-corrected chi connectivity index (χ2v) is 5.81. The zero-order chi connectivity index (χ0) is 16.0. The molecule has 0 radical (unpaired) electrons. The number of aryl methyl sites for hydroxylation is 2. The molecule has 22 heavy (non-hydrogen) atoms. The fourth-order valence-electron chi connectivity index (χ4n) is 2.57. The molecule has 0 saturated heterocycles. The number of carboxylic acid groups (broad SMARTS) is 1. The average molecular weight is 302 g/mol. The van der Waals surface area contributed by atoms with Crippen molar-refractivity contribution in [2.24, 2.45) is 7.05 Å². The number of nitrogens with zero attached hydrogens (tertiary/aromatic N) is 3. The van der Waals surface area contributed by atoms with Crippen LogP contribution >= 0.6 is 0 Å². The van der Waals surface area contributed by atoms with Crippen molar-refractivity contribution < 1.29 is 14.7 Å². The van der Waals surface area contributed by atoms with Gasteiger partial charge in [-0.15, -0.1) is 0 Å². The molecule has 2 aromatic rings.